The maximum atomic E-state index is 4.68. The van der Waals surface area contributed by atoms with Gasteiger partial charge in [0.2, 0.25) is 5.95 Å². The molecule has 0 bridgehead atoms. The van der Waals surface area contributed by atoms with Gasteiger partial charge in [-0.2, -0.15) is 4.98 Å². The molecule has 0 fully saturated rings. The molecular formula is C19H17N5. The van der Waals surface area contributed by atoms with Crippen LogP contribution in [0.25, 0.3) is 16.9 Å². The molecule has 1 aromatic carbocycles. The number of rotatable bonds is 3. The third-order valence-electron chi connectivity index (χ3n) is 3.96. The lowest BCUT2D eigenvalue weighted by Crippen LogP contribution is -2.01. The summed E-state index contributed by atoms with van der Waals surface area (Å²) in [5.74, 6) is 1.41. The van der Waals surface area contributed by atoms with E-state index in [0.717, 1.165) is 28.1 Å². The Morgan fingerprint density at radius 1 is 1.00 bits per heavy atom. The number of nitrogens with zero attached hydrogens (tertiary/aromatic N) is 4. The third kappa shape index (κ3) is 2.60. The second-order valence-electron chi connectivity index (χ2n) is 5.79. The quantitative estimate of drug-likeness (QED) is 0.616. The van der Waals surface area contributed by atoms with Crippen molar-refractivity contribution in [2.24, 2.45) is 0 Å². The second kappa shape index (κ2) is 5.77. The van der Waals surface area contributed by atoms with Crippen molar-refractivity contribution in [1.29, 1.82) is 0 Å². The lowest BCUT2D eigenvalue weighted by Gasteiger charge is -2.10. The number of hydrogen-bond donors (Lipinski definition) is 1. The summed E-state index contributed by atoms with van der Waals surface area (Å²) in [6.07, 6.45) is 5.57. The van der Waals surface area contributed by atoms with Gasteiger partial charge in [-0.25, -0.2) is 9.97 Å². The Bertz CT molecular complexity index is 1000. The number of pyridine rings is 1. The maximum Gasteiger partial charge on any atom is 0.229 e. The first-order chi connectivity index (χ1) is 11.7. The minimum Gasteiger partial charge on any atom is -0.324 e. The molecule has 0 radical (unpaired) electrons. The molecule has 5 nitrogen and oxygen atoms in total. The Labute approximate surface area is 140 Å². The highest BCUT2D eigenvalue weighted by Gasteiger charge is 2.08. The number of fused-ring (bicyclic) bond motifs is 1. The van der Waals surface area contributed by atoms with Crippen LogP contribution in [0.2, 0.25) is 0 Å². The molecular weight excluding hydrogens is 298 g/mol. The Morgan fingerprint density at radius 2 is 1.92 bits per heavy atom. The number of benzene rings is 1. The highest BCUT2D eigenvalue weighted by molar-refractivity contribution is 5.78. The Balaban J connectivity index is 1.76. The fraction of sp³-hybridized carbons (Fsp3) is 0.105. The second-order valence-corrected chi connectivity index (χ2v) is 5.79. The molecule has 1 N–H and O–H groups in total. The predicted octanol–water partition coefficient (Wildman–Crippen LogP) is 4.18. The summed E-state index contributed by atoms with van der Waals surface area (Å²) < 4.78 is 1.96. The van der Waals surface area contributed by atoms with Crippen molar-refractivity contribution in [1.82, 2.24) is 19.5 Å². The highest BCUT2D eigenvalue weighted by atomic mass is 15.2. The minimum atomic E-state index is 0.576. The average molecular weight is 315 g/mol. The van der Waals surface area contributed by atoms with Crippen molar-refractivity contribution < 1.29 is 0 Å². The van der Waals surface area contributed by atoms with Gasteiger partial charge in [0.15, 0.2) is 5.65 Å². The Kier molecular flexibility index (Phi) is 3.46. The van der Waals surface area contributed by atoms with Gasteiger partial charge in [0, 0.05) is 29.7 Å². The van der Waals surface area contributed by atoms with Crippen LogP contribution in [0.4, 0.5) is 11.6 Å². The van der Waals surface area contributed by atoms with Crippen LogP contribution in [0, 0.1) is 13.8 Å². The van der Waals surface area contributed by atoms with Crippen molar-refractivity contribution in [2.45, 2.75) is 13.8 Å². The zero-order valence-corrected chi connectivity index (χ0v) is 13.6. The lowest BCUT2D eigenvalue weighted by atomic mass is 10.1. The van der Waals surface area contributed by atoms with Gasteiger partial charge in [-0.15, -0.1) is 0 Å². The van der Waals surface area contributed by atoms with Crippen LogP contribution in [0.5, 0.6) is 0 Å². The number of aromatic nitrogens is 4. The third-order valence-corrected chi connectivity index (χ3v) is 3.96. The van der Waals surface area contributed by atoms with Gasteiger partial charge in [-0.3, -0.25) is 4.57 Å². The van der Waals surface area contributed by atoms with Crippen LogP contribution < -0.4 is 5.32 Å². The number of hydrogen-bond acceptors (Lipinski definition) is 4. The molecule has 3 aromatic heterocycles. The zero-order chi connectivity index (χ0) is 16.5. The van der Waals surface area contributed by atoms with Gasteiger partial charge < -0.3 is 5.32 Å². The first-order valence-electron chi connectivity index (χ1n) is 7.80. The van der Waals surface area contributed by atoms with Crippen LogP contribution in [0.15, 0.2) is 61.1 Å². The smallest absolute Gasteiger partial charge is 0.229 e. The van der Waals surface area contributed by atoms with E-state index in [1.54, 1.807) is 6.20 Å². The summed E-state index contributed by atoms with van der Waals surface area (Å²) in [6.45, 7) is 4.14. The first-order valence-corrected chi connectivity index (χ1v) is 7.80. The van der Waals surface area contributed by atoms with Gasteiger partial charge in [0.05, 0.1) is 0 Å². The summed E-state index contributed by atoms with van der Waals surface area (Å²) in [6, 6.07) is 14.1. The molecule has 0 unspecified atom stereocenters. The normalized spacial score (nSPS) is 10.9. The van der Waals surface area contributed by atoms with E-state index in [0.29, 0.717) is 5.95 Å². The van der Waals surface area contributed by atoms with Crippen molar-refractivity contribution in [2.75, 3.05) is 5.32 Å². The van der Waals surface area contributed by atoms with E-state index in [9.17, 15) is 0 Å². The molecule has 24 heavy (non-hydrogen) atoms. The van der Waals surface area contributed by atoms with E-state index in [1.807, 2.05) is 41.2 Å². The molecule has 4 aromatic rings. The number of nitrogens with one attached hydrogen (secondary N) is 1. The lowest BCUT2D eigenvalue weighted by molar-refractivity contribution is 1.02. The number of aryl methyl sites for hydroxylation is 2. The molecule has 0 amide bonds. The maximum absolute atomic E-state index is 4.68. The average Bonchev–Trinajstić information content (AvgIpc) is 3.02. The summed E-state index contributed by atoms with van der Waals surface area (Å²) >= 11 is 0. The van der Waals surface area contributed by atoms with Gasteiger partial charge >= 0.3 is 0 Å². The van der Waals surface area contributed by atoms with E-state index < -0.39 is 0 Å². The topological polar surface area (TPSA) is 55.6 Å². The van der Waals surface area contributed by atoms with E-state index in [4.69, 9.17) is 0 Å². The fourth-order valence-corrected chi connectivity index (χ4v) is 2.65. The van der Waals surface area contributed by atoms with Crippen LogP contribution in [-0.4, -0.2) is 19.5 Å². The van der Waals surface area contributed by atoms with Crippen LogP contribution in [-0.2, 0) is 0 Å². The van der Waals surface area contributed by atoms with E-state index in [1.165, 1.54) is 5.56 Å². The molecule has 4 rings (SSSR count). The monoisotopic (exact) mass is 315 g/mol. The number of anilines is 2. The van der Waals surface area contributed by atoms with Gasteiger partial charge in [0.1, 0.15) is 5.82 Å². The van der Waals surface area contributed by atoms with Crippen molar-refractivity contribution in [3.05, 3.63) is 72.2 Å². The summed E-state index contributed by atoms with van der Waals surface area (Å²) in [5.41, 5.74) is 4.20. The first kappa shape index (κ1) is 14.4. The molecule has 0 aliphatic carbocycles. The van der Waals surface area contributed by atoms with Gasteiger partial charge in [0.25, 0.3) is 0 Å². The van der Waals surface area contributed by atoms with Gasteiger partial charge in [-0.1, -0.05) is 18.2 Å². The van der Waals surface area contributed by atoms with E-state index in [-0.39, 0.29) is 0 Å². The van der Waals surface area contributed by atoms with Crippen LogP contribution >= 0.6 is 0 Å². The largest absolute Gasteiger partial charge is 0.324 e. The Morgan fingerprint density at radius 3 is 2.75 bits per heavy atom. The van der Waals surface area contributed by atoms with Crippen molar-refractivity contribution in [3.63, 3.8) is 0 Å². The van der Waals surface area contributed by atoms with Gasteiger partial charge in [-0.05, 0) is 49.2 Å². The van der Waals surface area contributed by atoms with E-state index >= 15 is 0 Å². The molecule has 0 atom stereocenters. The SMILES string of the molecule is Cc1ccc(C)c(Nc2ncc3ccn(-c4ccccn4)c3n2)c1. The molecule has 0 saturated heterocycles. The zero-order valence-electron chi connectivity index (χ0n) is 13.6. The van der Waals surface area contributed by atoms with Crippen molar-refractivity contribution >= 4 is 22.7 Å². The molecule has 3 heterocycles. The summed E-state index contributed by atoms with van der Waals surface area (Å²) in [4.78, 5) is 13.5. The molecule has 118 valence electrons. The molecule has 0 saturated carbocycles. The summed E-state index contributed by atoms with van der Waals surface area (Å²) in [5, 5.41) is 4.30. The standard InChI is InChI=1S/C19H17N5/c1-13-6-7-14(2)16(11-13)22-19-21-12-15-8-10-24(18(15)23-19)17-5-3-4-9-20-17/h3-12H,1-2H3,(H,21,22,23). The Hall–Kier alpha value is -3.21. The molecule has 0 aliphatic heterocycles. The van der Waals surface area contributed by atoms with Crippen molar-refractivity contribution in [3.8, 4) is 5.82 Å². The molecule has 0 spiro atoms. The fourth-order valence-electron chi connectivity index (χ4n) is 2.65. The van der Waals surface area contributed by atoms with Crippen LogP contribution in [0.3, 0.4) is 0 Å². The van der Waals surface area contributed by atoms with E-state index in [2.05, 4.69) is 52.3 Å². The summed E-state index contributed by atoms with van der Waals surface area (Å²) in [7, 11) is 0. The van der Waals surface area contributed by atoms with Crippen LogP contribution in [0.1, 0.15) is 11.1 Å². The molecule has 5 heteroatoms. The molecule has 0 aliphatic rings. The predicted molar refractivity (Wildman–Crippen MR) is 95.9 cm³/mol. The minimum absolute atomic E-state index is 0.576. The highest BCUT2D eigenvalue weighted by Crippen LogP contribution is 2.22.